The van der Waals surface area contributed by atoms with E-state index in [1.165, 1.54) is 0 Å². The minimum absolute atomic E-state index is 0.589. The van der Waals surface area contributed by atoms with E-state index in [9.17, 15) is 0 Å². The van der Waals surface area contributed by atoms with Crippen molar-refractivity contribution in [1.29, 1.82) is 0 Å². The summed E-state index contributed by atoms with van der Waals surface area (Å²) in [6.45, 7) is 5.27. The maximum atomic E-state index is 5.80. The fourth-order valence-corrected chi connectivity index (χ4v) is 1.88. The molecule has 1 aromatic rings. The predicted molar refractivity (Wildman–Crippen MR) is 73.3 cm³/mol. The molecule has 1 aliphatic heterocycles. The Balaban J connectivity index is 1.63. The minimum Gasteiger partial charge on any atom is -0.490 e. The van der Waals surface area contributed by atoms with Crippen LogP contribution in [-0.4, -0.2) is 44.4 Å². The summed E-state index contributed by atoms with van der Waals surface area (Å²) >= 11 is 5.80. The van der Waals surface area contributed by atoms with Crippen molar-refractivity contribution < 1.29 is 9.47 Å². The molecule has 1 heterocycles. The molecule has 98 valence electrons. The van der Waals surface area contributed by atoms with Gasteiger partial charge in [-0.25, -0.2) is 0 Å². The summed E-state index contributed by atoms with van der Waals surface area (Å²) in [5.41, 5.74) is 0. The molecular weight excluding hydrogens is 250 g/mol. The standard InChI is InChI=1S/C14H18ClNO2/c15-13-3-5-14(6-4-13)18-10-2-1-7-16-8-11-17-12-9-16/h1-6H,7-12H2. The topological polar surface area (TPSA) is 21.7 Å². The van der Waals surface area contributed by atoms with Gasteiger partial charge in [-0.3, -0.25) is 4.90 Å². The first-order valence-electron chi connectivity index (χ1n) is 6.18. The summed E-state index contributed by atoms with van der Waals surface area (Å²) in [4.78, 5) is 2.36. The Morgan fingerprint density at radius 3 is 2.61 bits per heavy atom. The highest BCUT2D eigenvalue weighted by atomic mass is 35.5. The first kappa shape index (κ1) is 13.4. The van der Waals surface area contributed by atoms with Crippen LogP contribution >= 0.6 is 11.6 Å². The van der Waals surface area contributed by atoms with Crippen molar-refractivity contribution in [2.75, 3.05) is 39.5 Å². The van der Waals surface area contributed by atoms with Gasteiger partial charge in [0.05, 0.1) is 13.2 Å². The smallest absolute Gasteiger partial charge is 0.119 e. The molecule has 2 rings (SSSR count). The summed E-state index contributed by atoms with van der Waals surface area (Å²) in [6, 6.07) is 7.40. The van der Waals surface area contributed by atoms with Crippen LogP contribution in [0, 0.1) is 0 Å². The van der Waals surface area contributed by atoms with Crippen molar-refractivity contribution in [3.63, 3.8) is 0 Å². The number of halogens is 1. The first-order valence-corrected chi connectivity index (χ1v) is 6.56. The summed E-state index contributed by atoms with van der Waals surface area (Å²) in [7, 11) is 0. The van der Waals surface area contributed by atoms with Gasteiger partial charge in [-0.05, 0) is 24.3 Å². The number of benzene rings is 1. The summed E-state index contributed by atoms with van der Waals surface area (Å²) in [5.74, 6) is 0.843. The SMILES string of the molecule is Clc1ccc(OCC=CCN2CCOCC2)cc1. The molecule has 0 atom stereocenters. The van der Waals surface area contributed by atoms with E-state index in [0.717, 1.165) is 43.6 Å². The fourth-order valence-electron chi connectivity index (χ4n) is 1.75. The number of morpholine rings is 1. The third kappa shape index (κ3) is 4.69. The summed E-state index contributed by atoms with van der Waals surface area (Å²) in [5, 5.41) is 0.727. The van der Waals surface area contributed by atoms with Crippen LogP contribution in [0.4, 0.5) is 0 Å². The Kier molecular flexibility index (Phi) is 5.52. The van der Waals surface area contributed by atoms with E-state index in [2.05, 4.69) is 11.0 Å². The molecule has 0 aromatic heterocycles. The molecule has 1 saturated heterocycles. The Morgan fingerprint density at radius 2 is 1.89 bits per heavy atom. The van der Waals surface area contributed by atoms with Gasteiger partial charge in [0.15, 0.2) is 0 Å². The van der Waals surface area contributed by atoms with Gasteiger partial charge in [-0.1, -0.05) is 23.8 Å². The number of nitrogens with zero attached hydrogens (tertiary/aromatic N) is 1. The predicted octanol–water partition coefficient (Wildman–Crippen LogP) is 2.61. The molecule has 1 aromatic carbocycles. The van der Waals surface area contributed by atoms with Crippen molar-refractivity contribution in [2.45, 2.75) is 0 Å². The molecule has 1 aliphatic rings. The highest BCUT2D eigenvalue weighted by Crippen LogP contribution is 2.15. The van der Waals surface area contributed by atoms with Crippen molar-refractivity contribution in [1.82, 2.24) is 4.90 Å². The Morgan fingerprint density at radius 1 is 1.17 bits per heavy atom. The minimum atomic E-state index is 0.589. The number of rotatable bonds is 5. The second-order valence-electron chi connectivity index (χ2n) is 4.15. The molecule has 0 saturated carbocycles. The second-order valence-corrected chi connectivity index (χ2v) is 4.59. The highest BCUT2D eigenvalue weighted by molar-refractivity contribution is 6.30. The molecule has 18 heavy (non-hydrogen) atoms. The van der Waals surface area contributed by atoms with Gasteiger partial charge in [0, 0.05) is 24.7 Å². The zero-order chi connectivity index (χ0) is 12.6. The molecule has 0 aliphatic carbocycles. The molecule has 0 unspecified atom stereocenters. The lowest BCUT2D eigenvalue weighted by atomic mass is 10.3. The van der Waals surface area contributed by atoms with Crippen molar-refractivity contribution in [3.8, 4) is 5.75 Å². The lowest BCUT2D eigenvalue weighted by Gasteiger charge is -2.25. The van der Waals surface area contributed by atoms with E-state index in [1.54, 1.807) is 0 Å². The van der Waals surface area contributed by atoms with Gasteiger partial charge < -0.3 is 9.47 Å². The third-order valence-electron chi connectivity index (χ3n) is 2.79. The summed E-state index contributed by atoms with van der Waals surface area (Å²) in [6.07, 6.45) is 4.19. The van der Waals surface area contributed by atoms with Crippen molar-refractivity contribution >= 4 is 11.6 Å². The van der Waals surface area contributed by atoms with Crippen LogP contribution in [0.25, 0.3) is 0 Å². The van der Waals surface area contributed by atoms with Gasteiger partial charge in [-0.15, -0.1) is 0 Å². The van der Waals surface area contributed by atoms with Crippen molar-refractivity contribution in [2.24, 2.45) is 0 Å². The van der Waals surface area contributed by atoms with Crippen LogP contribution in [0.15, 0.2) is 36.4 Å². The monoisotopic (exact) mass is 267 g/mol. The van der Waals surface area contributed by atoms with E-state index >= 15 is 0 Å². The molecule has 1 fully saturated rings. The van der Waals surface area contributed by atoms with Gasteiger partial charge >= 0.3 is 0 Å². The maximum absolute atomic E-state index is 5.80. The number of hydrogen-bond acceptors (Lipinski definition) is 3. The molecule has 0 bridgehead atoms. The van der Waals surface area contributed by atoms with E-state index in [1.807, 2.05) is 30.3 Å². The molecule has 4 heteroatoms. The lowest BCUT2D eigenvalue weighted by molar-refractivity contribution is 0.0434. The number of ether oxygens (including phenoxy) is 2. The fraction of sp³-hybridized carbons (Fsp3) is 0.429. The Hall–Kier alpha value is -1.03. The van der Waals surface area contributed by atoms with Crippen molar-refractivity contribution in [3.05, 3.63) is 41.4 Å². The average molecular weight is 268 g/mol. The molecule has 0 amide bonds. The third-order valence-corrected chi connectivity index (χ3v) is 3.05. The molecule has 0 spiro atoms. The zero-order valence-corrected chi connectivity index (χ0v) is 11.1. The first-order chi connectivity index (χ1) is 8.84. The zero-order valence-electron chi connectivity index (χ0n) is 10.3. The molecule has 0 radical (unpaired) electrons. The van der Waals surface area contributed by atoms with Crippen LogP contribution in [0.2, 0.25) is 5.02 Å². The van der Waals surface area contributed by atoms with E-state index in [0.29, 0.717) is 6.61 Å². The number of hydrogen-bond donors (Lipinski definition) is 0. The normalized spacial score (nSPS) is 17.2. The van der Waals surface area contributed by atoms with Crippen LogP contribution in [-0.2, 0) is 4.74 Å². The highest BCUT2D eigenvalue weighted by Gasteiger charge is 2.07. The lowest BCUT2D eigenvalue weighted by Crippen LogP contribution is -2.36. The molecule has 0 N–H and O–H groups in total. The van der Waals surface area contributed by atoms with Gasteiger partial charge in [0.25, 0.3) is 0 Å². The van der Waals surface area contributed by atoms with Crippen LogP contribution in [0.1, 0.15) is 0 Å². The summed E-state index contributed by atoms with van der Waals surface area (Å²) < 4.78 is 10.9. The Bertz CT molecular complexity index is 372. The molecule has 3 nitrogen and oxygen atoms in total. The average Bonchev–Trinajstić information content (AvgIpc) is 2.42. The quantitative estimate of drug-likeness (QED) is 0.766. The van der Waals surface area contributed by atoms with Crippen LogP contribution in [0.5, 0.6) is 5.75 Å². The Labute approximate surface area is 113 Å². The van der Waals surface area contributed by atoms with Gasteiger partial charge in [0.1, 0.15) is 12.4 Å². The van der Waals surface area contributed by atoms with Gasteiger partial charge in [0.2, 0.25) is 0 Å². The second kappa shape index (κ2) is 7.41. The van der Waals surface area contributed by atoms with E-state index in [-0.39, 0.29) is 0 Å². The van der Waals surface area contributed by atoms with Crippen LogP contribution < -0.4 is 4.74 Å². The van der Waals surface area contributed by atoms with E-state index in [4.69, 9.17) is 21.1 Å². The maximum Gasteiger partial charge on any atom is 0.119 e. The van der Waals surface area contributed by atoms with E-state index < -0.39 is 0 Å². The largest absolute Gasteiger partial charge is 0.490 e. The van der Waals surface area contributed by atoms with Crippen LogP contribution in [0.3, 0.4) is 0 Å². The molecular formula is C14H18ClNO2. The van der Waals surface area contributed by atoms with Gasteiger partial charge in [-0.2, -0.15) is 0 Å².